The van der Waals surface area contributed by atoms with E-state index >= 15 is 0 Å². The van der Waals surface area contributed by atoms with Crippen LogP contribution >= 0.6 is 11.8 Å². The number of para-hydroxylation sites is 1. The second kappa shape index (κ2) is 11.0. The predicted molar refractivity (Wildman–Crippen MR) is 151 cm³/mol. The first-order valence-corrected chi connectivity index (χ1v) is 13.9. The monoisotopic (exact) mass is 531 g/mol. The highest BCUT2D eigenvalue weighted by Crippen LogP contribution is 2.46. The Kier molecular flexibility index (Phi) is 7.51. The molecular weight excluding hydrogens is 498 g/mol. The number of ether oxygens (including phenoxy) is 2. The molecular formula is C30H33N3O4S. The Balaban J connectivity index is 1.54. The van der Waals surface area contributed by atoms with Crippen LogP contribution in [0.2, 0.25) is 0 Å². The van der Waals surface area contributed by atoms with Crippen molar-refractivity contribution >= 4 is 29.3 Å². The topological polar surface area (TPSA) is 62.3 Å². The Morgan fingerprint density at radius 1 is 0.895 bits per heavy atom. The van der Waals surface area contributed by atoms with Gasteiger partial charge in [-0.25, -0.2) is 0 Å². The number of methoxy groups -OCH3 is 2. The average molecular weight is 532 g/mol. The van der Waals surface area contributed by atoms with Crippen molar-refractivity contribution in [3.05, 3.63) is 83.4 Å². The second-order valence-corrected chi connectivity index (χ2v) is 10.4. The Morgan fingerprint density at radius 2 is 1.53 bits per heavy atom. The zero-order valence-electron chi connectivity index (χ0n) is 22.2. The van der Waals surface area contributed by atoms with Gasteiger partial charge in [-0.3, -0.25) is 9.59 Å². The van der Waals surface area contributed by atoms with Crippen LogP contribution in [-0.2, 0) is 4.79 Å². The van der Waals surface area contributed by atoms with E-state index in [-0.39, 0.29) is 11.8 Å². The van der Waals surface area contributed by atoms with Gasteiger partial charge in [-0.05, 0) is 53.8 Å². The van der Waals surface area contributed by atoms with E-state index in [1.807, 2.05) is 59.7 Å². The van der Waals surface area contributed by atoms with Crippen molar-refractivity contribution in [2.24, 2.45) is 0 Å². The van der Waals surface area contributed by atoms with Gasteiger partial charge in [0.25, 0.3) is 5.91 Å². The van der Waals surface area contributed by atoms with E-state index in [1.165, 1.54) is 0 Å². The highest BCUT2D eigenvalue weighted by Gasteiger charge is 2.45. The van der Waals surface area contributed by atoms with Crippen molar-refractivity contribution in [2.75, 3.05) is 58.6 Å². The number of carbonyl (C=O) groups excluding carboxylic acids is 2. The molecule has 1 saturated heterocycles. The fourth-order valence-corrected chi connectivity index (χ4v) is 5.96. The molecule has 0 bridgehead atoms. The summed E-state index contributed by atoms with van der Waals surface area (Å²) in [6.07, 6.45) is 2.03. The van der Waals surface area contributed by atoms with Gasteiger partial charge < -0.3 is 24.2 Å². The molecule has 0 aliphatic carbocycles. The molecule has 2 atom stereocenters. The third kappa shape index (κ3) is 4.69. The minimum absolute atomic E-state index is 0.0180. The number of hydrogen-bond acceptors (Lipinski definition) is 6. The number of piperazine rings is 1. The number of thioether (sulfide) groups is 1. The molecule has 3 aromatic carbocycles. The van der Waals surface area contributed by atoms with E-state index in [2.05, 4.69) is 17.0 Å². The number of anilines is 1. The third-order valence-corrected chi connectivity index (χ3v) is 8.35. The maximum Gasteiger partial charge on any atom is 0.254 e. The summed E-state index contributed by atoms with van der Waals surface area (Å²) in [6.45, 7) is 2.73. The van der Waals surface area contributed by atoms with Gasteiger partial charge in [-0.2, -0.15) is 0 Å². The van der Waals surface area contributed by atoms with E-state index in [4.69, 9.17) is 9.47 Å². The van der Waals surface area contributed by atoms with Gasteiger partial charge in [0.05, 0.1) is 26.2 Å². The molecule has 0 aromatic heterocycles. The molecule has 2 aliphatic rings. The van der Waals surface area contributed by atoms with Crippen molar-refractivity contribution in [3.8, 4) is 11.5 Å². The van der Waals surface area contributed by atoms with Gasteiger partial charge in [-0.1, -0.05) is 30.3 Å². The standard InChI is InChI=1S/C30H33N3O4S/c1-31-28(20-10-12-22(38-4)13-11-20)27(23-18-25(36-2)26(37-3)19-24(23)29(31)34)30(35)33-16-14-32(15-17-33)21-8-6-5-7-9-21/h5-13,18-19,27-28H,14-17H2,1-4H3. The predicted octanol–water partition coefficient (Wildman–Crippen LogP) is 4.69. The summed E-state index contributed by atoms with van der Waals surface area (Å²) in [6, 6.07) is 21.5. The van der Waals surface area contributed by atoms with Gasteiger partial charge in [0.2, 0.25) is 5.91 Å². The van der Waals surface area contributed by atoms with Crippen LogP contribution in [0.1, 0.15) is 33.4 Å². The molecule has 2 heterocycles. The van der Waals surface area contributed by atoms with Crippen molar-refractivity contribution in [1.29, 1.82) is 0 Å². The number of rotatable bonds is 6. The van der Waals surface area contributed by atoms with Crippen LogP contribution in [0.4, 0.5) is 5.69 Å². The highest BCUT2D eigenvalue weighted by molar-refractivity contribution is 7.98. The molecule has 2 amide bonds. The van der Waals surface area contributed by atoms with Crippen LogP contribution in [0, 0.1) is 0 Å². The molecule has 3 aromatic rings. The molecule has 198 valence electrons. The molecule has 0 radical (unpaired) electrons. The molecule has 0 spiro atoms. The first-order chi connectivity index (χ1) is 18.5. The van der Waals surface area contributed by atoms with Crippen molar-refractivity contribution in [3.63, 3.8) is 0 Å². The lowest BCUT2D eigenvalue weighted by Crippen LogP contribution is -2.53. The number of carbonyl (C=O) groups is 2. The van der Waals surface area contributed by atoms with Crippen molar-refractivity contribution < 1.29 is 19.1 Å². The number of hydrogen-bond donors (Lipinski definition) is 0. The quantitative estimate of drug-likeness (QED) is 0.431. The number of nitrogens with zero attached hydrogens (tertiary/aromatic N) is 3. The summed E-state index contributed by atoms with van der Waals surface area (Å²) in [5.41, 5.74) is 3.25. The van der Waals surface area contributed by atoms with Gasteiger partial charge >= 0.3 is 0 Å². The maximum atomic E-state index is 14.4. The summed E-state index contributed by atoms with van der Waals surface area (Å²) in [5.74, 6) is 0.281. The lowest BCUT2D eigenvalue weighted by atomic mass is 9.78. The van der Waals surface area contributed by atoms with Crippen LogP contribution in [0.25, 0.3) is 0 Å². The fraction of sp³-hybridized carbons (Fsp3) is 0.333. The molecule has 2 aliphatic heterocycles. The Labute approximate surface area is 228 Å². The summed E-state index contributed by atoms with van der Waals surface area (Å²) < 4.78 is 11.1. The number of fused-ring (bicyclic) bond motifs is 1. The molecule has 38 heavy (non-hydrogen) atoms. The molecule has 8 heteroatoms. The second-order valence-electron chi connectivity index (χ2n) is 9.55. The van der Waals surface area contributed by atoms with Gasteiger partial charge in [-0.15, -0.1) is 11.8 Å². The molecule has 0 saturated carbocycles. The van der Waals surface area contributed by atoms with Crippen LogP contribution in [0.3, 0.4) is 0 Å². The lowest BCUT2D eigenvalue weighted by Gasteiger charge is -2.43. The van der Waals surface area contributed by atoms with E-state index < -0.39 is 12.0 Å². The van der Waals surface area contributed by atoms with Crippen molar-refractivity contribution in [1.82, 2.24) is 9.80 Å². The number of likely N-dealkylation sites (N-methyl/N-ethyl adjacent to an activating group) is 1. The van der Waals surface area contributed by atoms with Gasteiger partial charge in [0.15, 0.2) is 11.5 Å². The maximum absolute atomic E-state index is 14.4. The van der Waals surface area contributed by atoms with Gasteiger partial charge in [0.1, 0.15) is 0 Å². The minimum Gasteiger partial charge on any atom is -0.493 e. The third-order valence-electron chi connectivity index (χ3n) is 7.61. The Morgan fingerprint density at radius 3 is 2.13 bits per heavy atom. The van der Waals surface area contributed by atoms with Crippen molar-refractivity contribution in [2.45, 2.75) is 16.9 Å². The molecule has 2 unspecified atom stereocenters. The fourth-order valence-electron chi connectivity index (χ4n) is 5.55. The average Bonchev–Trinajstić information content (AvgIpc) is 2.98. The van der Waals surface area contributed by atoms with E-state index in [0.717, 1.165) is 29.2 Å². The first kappa shape index (κ1) is 26.0. The van der Waals surface area contributed by atoms with Gasteiger partial charge in [0, 0.05) is 49.4 Å². The van der Waals surface area contributed by atoms with E-state index in [1.54, 1.807) is 44.0 Å². The van der Waals surface area contributed by atoms with E-state index in [9.17, 15) is 9.59 Å². The Bertz CT molecular complexity index is 1310. The summed E-state index contributed by atoms with van der Waals surface area (Å²) in [5, 5.41) is 0. The van der Waals surface area contributed by atoms with Crippen LogP contribution in [0.5, 0.6) is 11.5 Å². The van der Waals surface area contributed by atoms with Crippen LogP contribution in [-0.4, -0.2) is 75.3 Å². The lowest BCUT2D eigenvalue weighted by molar-refractivity contribution is -0.134. The smallest absolute Gasteiger partial charge is 0.254 e. The number of benzene rings is 3. The normalized spacial score (nSPS) is 19.3. The molecule has 1 fully saturated rings. The minimum atomic E-state index is -0.573. The summed E-state index contributed by atoms with van der Waals surface area (Å²) >= 11 is 1.66. The first-order valence-electron chi connectivity index (χ1n) is 12.7. The zero-order chi connectivity index (χ0) is 26.8. The Hall–Kier alpha value is -3.65. The largest absolute Gasteiger partial charge is 0.493 e. The highest BCUT2D eigenvalue weighted by atomic mass is 32.2. The SMILES string of the molecule is COc1cc2c(cc1OC)C(C(=O)N1CCN(c3ccccc3)CC1)C(c1ccc(SC)cc1)N(C)C2=O. The summed E-state index contributed by atoms with van der Waals surface area (Å²) in [4.78, 5) is 35.1. The summed E-state index contributed by atoms with van der Waals surface area (Å²) in [7, 11) is 4.90. The van der Waals surface area contributed by atoms with Crippen LogP contribution in [0.15, 0.2) is 71.6 Å². The number of amides is 2. The van der Waals surface area contributed by atoms with E-state index in [0.29, 0.717) is 35.7 Å². The molecule has 7 nitrogen and oxygen atoms in total. The molecule has 5 rings (SSSR count). The zero-order valence-corrected chi connectivity index (χ0v) is 23.0. The van der Waals surface area contributed by atoms with Crippen LogP contribution < -0.4 is 14.4 Å². The molecule has 0 N–H and O–H groups in total.